The summed E-state index contributed by atoms with van der Waals surface area (Å²) in [5.74, 6) is 1.44. The normalized spacial score (nSPS) is 11.7. The number of nitrogens with one attached hydrogen (secondary N) is 2. The zero-order chi connectivity index (χ0) is 22.9. The van der Waals surface area contributed by atoms with Crippen molar-refractivity contribution in [1.82, 2.24) is 9.97 Å². The van der Waals surface area contributed by atoms with Gasteiger partial charge in [-0.2, -0.15) is 10.4 Å². The zero-order valence-corrected chi connectivity index (χ0v) is 18.3. The number of hydrazone groups is 1. The molecule has 0 bridgehead atoms. The van der Waals surface area contributed by atoms with Crippen LogP contribution in [0.3, 0.4) is 0 Å². The van der Waals surface area contributed by atoms with Crippen LogP contribution in [-0.4, -0.2) is 28.9 Å². The Kier molecular flexibility index (Phi) is 7.60. The molecule has 8 heteroatoms. The van der Waals surface area contributed by atoms with E-state index in [9.17, 15) is 10.1 Å². The van der Waals surface area contributed by atoms with Crippen LogP contribution in [0.25, 0.3) is 11.3 Å². The third-order valence-corrected chi connectivity index (χ3v) is 4.63. The van der Waals surface area contributed by atoms with Crippen molar-refractivity contribution in [3.8, 4) is 28.8 Å². The van der Waals surface area contributed by atoms with E-state index in [0.29, 0.717) is 29.4 Å². The van der Waals surface area contributed by atoms with Gasteiger partial charge in [0.15, 0.2) is 11.5 Å². The van der Waals surface area contributed by atoms with E-state index in [4.69, 9.17) is 9.47 Å². The van der Waals surface area contributed by atoms with Gasteiger partial charge < -0.3 is 9.47 Å². The molecular formula is C24H25N5O3. The number of nitriles is 1. The summed E-state index contributed by atoms with van der Waals surface area (Å²) in [4.78, 5) is 19.2. The summed E-state index contributed by atoms with van der Waals surface area (Å²) in [5, 5.41) is 13.5. The predicted molar refractivity (Wildman–Crippen MR) is 124 cm³/mol. The van der Waals surface area contributed by atoms with Crippen molar-refractivity contribution in [2.75, 3.05) is 12.0 Å². The van der Waals surface area contributed by atoms with Crippen molar-refractivity contribution in [2.45, 2.75) is 33.3 Å². The van der Waals surface area contributed by atoms with E-state index in [1.165, 1.54) is 0 Å². The lowest BCUT2D eigenvalue weighted by molar-refractivity contribution is 0.203. The minimum atomic E-state index is -0.538. The molecule has 1 aromatic heterocycles. The summed E-state index contributed by atoms with van der Waals surface area (Å²) in [7, 11) is 0. The lowest BCUT2D eigenvalue weighted by atomic mass is 10.1. The molecule has 1 heterocycles. The minimum absolute atomic E-state index is 0.0519. The molecule has 164 valence electrons. The Bertz CT molecular complexity index is 1180. The fourth-order valence-corrected chi connectivity index (χ4v) is 2.87. The maximum absolute atomic E-state index is 12.3. The predicted octanol–water partition coefficient (Wildman–Crippen LogP) is 4.33. The monoisotopic (exact) mass is 431 g/mol. The average Bonchev–Trinajstić information content (AvgIpc) is 2.81. The largest absolute Gasteiger partial charge is 0.490 e. The van der Waals surface area contributed by atoms with Crippen LogP contribution >= 0.6 is 0 Å². The molecule has 3 rings (SSSR count). The van der Waals surface area contributed by atoms with Gasteiger partial charge in [0, 0.05) is 5.56 Å². The highest BCUT2D eigenvalue weighted by molar-refractivity contribution is 5.81. The smallest absolute Gasteiger partial charge is 0.270 e. The van der Waals surface area contributed by atoms with Gasteiger partial charge in [-0.25, -0.2) is 10.4 Å². The van der Waals surface area contributed by atoms with Gasteiger partial charge in [-0.1, -0.05) is 37.3 Å². The number of hydrogen-bond donors (Lipinski definition) is 2. The highest BCUT2D eigenvalue weighted by Crippen LogP contribution is 2.29. The van der Waals surface area contributed by atoms with Crippen molar-refractivity contribution >= 4 is 12.2 Å². The van der Waals surface area contributed by atoms with E-state index < -0.39 is 5.56 Å². The quantitative estimate of drug-likeness (QED) is 0.385. The van der Waals surface area contributed by atoms with E-state index in [2.05, 4.69) is 27.4 Å². The van der Waals surface area contributed by atoms with E-state index in [1.807, 2.05) is 56.3 Å². The number of aromatic amines is 1. The van der Waals surface area contributed by atoms with Crippen LogP contribution in [0.15, 0.2) is 58.4 Å². The first-order chi connectivity index (χ1) is 15.5. The first kappa shape index (κ1) is 22.6. The third kappa shape index (κ3) is 5.52. The highest BCUT2D eigenvalue weighted by atomic mass is 16.5. The van der Waals surface area contributed by atoms with Gasteiger partial charge in [0.2, 0.25) is 5.95 Å². The fourth-order valence-electron chi connectivity index (χ4n) is 2.87. The number of ether oxygens (including phenoxy) is 2. The van der Waals surface area contributed by atoms with Crippen LogP contribution in [0.5, 0.6) is 11.5 Å². The number of nitrogens with zero attached hydrogens (tertiary/aromatic N) is 3. The lowest BCUT2D eigenvalue weighted by Gasteiger charge is -2.16. The van der Waals surface area contributed by atoms with Gasteiger partial charge >= 0.3 is 0 Å². The number of rotatable bonds is 9. The van der Waals surface area contributed by atoms with Crippen molar-refractivity contribution in [3.05, 3.63) is 70.0 Å². The number of benzene rings is 2. The Hall–Kier alpha value is -4.12. The molecule has 0 aliphatic rings. The van der Waals surface area contributed by atoms with Gasteiger partial charge in [0.05, 0.1) is 24.6 Å². The number of H-pyrrole nitrogens is 1. The second kappa shape index (κ2) is 10.8. The molecule has 0 spiro atoms. The van der Waals surface area contributed by atoms with Gasteiger partial charge in [-0.3, -0.25) is 9.78 Å². The molecule has 0 fully saturated rings. The van der Waals surface area contributed by atoms with E-state index >= 15 is 0 Å². The molecule has 8 nitrogen and oxygen atoms in total. The van der Waals surface area contributed by atoms with Crippen LogP contribution in [0.2, 0.25) is 0 Å². The molecule has 0 saturated heterocycles. The Morgan fingerprint density at radius 2 is 2.00 bits per heavy atom. The molecule has 0 aliphatic heterocycles. The molecule has 1 unspecified atom stereocenters. The summed E-state index contributed by atoms with van der Waals surface area (Å²) in [6.07, 6.45) is 2.54. The fraction of sp³-hybridized carbons (Fsp3) is 0.250. The van der Waals surface area contributed by atoms with Crippen LogP contribution in [0.4, 0.5) is 5.95 Å². The molecule has 3 aromatic rings. The molecule has 2 N–H and O–H groups in total. The number of hydrogen-bond acceptors (Lipinski definition) is 7. The number of aromatic nitrogens is 2. The molecule has 32 heavy (non-hydrogen) atoms. The first-order valence-corrected chi connectivity index (χ1v) is 10.4. The van der Waals surface area contributed by atoms with E-state index in [1.54, 1.807) is 18.3 Å². The van der Waals surface area contributed by atoms with E-state index in [0.717, 1.165) is 12.0 Å². The van der Waals surface area contributed by atoms with Crippen LogP contribution in [0, 0.1) is 11.3 Å². The molecule has 0 amide bonds. The molecular weight excluding hydrogens is 406 g/mol. The standard InChI is InChI=1S/C24H25N5O3/c1-4-16(3)32-20-12-11-17(13-21(20)31-5-2)15-26-29-24-27-22(18-9-7-6-8-10-18)19(14-25)23(30)28-24/h6-13,15-16H,4-5H2,1-3H3,(H2,27,28,29,30). The summed E-state index contributed by atoms with van der Waals surface area (Å²) in [5.41, 5.74) is 3.87. The maximum atomic E-state index is 12.3. The zero-order valence-electron chi connectivity index (χ0n) is 18.3. The van der Waals surface area contributed by atoms with Gasteiger partial charge in [0.1, 0.15) is 11.6 Å². The molecule has 2 aromatic carbocycles. The third-order valence-electron chi connectivity index (χ3n) is 4.63. The second-order valence-corrected chi connectivity index (χ2v) is 6.96. The van der Waals surface area contributed by atoms with Crippen molar-refractivity contribution < 1.29 is 9.47 Å². The lowest BCUT2D eigenvalue weighted by Crippen LogP contribution is -2.16. The Morgan fingerprint density at radius 3 is 2.69 bits per heavy atom. The van der Waals surface area contributed by atoms with Crippen LogP contribution in [-0.2, 0) is 0 Å². The number of anilines is 1. The SMILES string of the molecule is CCOc1cc(C=NNc2nc(-c3ccccc3)c(C#N)c(=O)[nH]2)ccc1OC(C)CC. The van der Waals surface area contributed by atoms with E-state index in [-0.39, 0.29) is 17.6 Å². The molecule has 0 aliphatic carbocycles. The summed E-state index contributed by atoms with van der Waals surface area (Å²) in [6, 6.07) is 16.5. The summed E-state index contributed by atoms with van der Waals surface area (Å²) >= 11 is 0. The van der Waals surface area contributed by atoms with Crippen molar-refractivity contribution in [3.63, 3.8) is 0 Å². The molecule has 1 atom stereocenters. The summed E-state index contributed by atoms with van der Waals surface area (Å²) < 4.78 is 11.6. The van der Waals surface area contributed by atoms with Gasteiger partial charge in [-0.15, -0.1) is 0 Å². The highest BCUT2D eigenvalue weighted by Gasteiger charge is 2.13. The Labute approximate surface area is 186 Å². The maximum Gasteiger partial charge on any atom is 0.270 e. The second-order valence-electron chi connectivity index (χ2n) is 6.96. The Balaban J connectivity index is 1.83. The molecule has 0 saturated carbocycles. The van der Waals surface area contributed by atoms with Gasteiger partial charge in [-0.05, 0) is 44.0 Å². The topological polar surface area (TPSA) is 112 Å². The van der Waals surface area contributed by atoms with Crippen LogP contribution in [0.1, 0.15) is 38.3 Å². The summed E-state index contributed by atoms with van der Waals surface area (Å²) in [6.45, 7) is 6.48. The van der Waals surface area contributed by atoms with Crippen molar-refractivity contribution in [1.29, 1.82) is 5.26 Å². The first-order valence-electron chi connectivity index (χ1n) is 10.4. The Morgan fingerprint density at radius 1 is 1.22 bits per heavy atom. The van der Waals surface area contributed by atoms with Crippen molar-refractivity contribution in [2.24, 2.45) is 5.10 Å². The molecule has 0 radical (unpaired) electrons. The van der Waals surface area contributed by atoms with Crippen LogP contribution < -0.4 is 20.5 Å². The minimum Gasteiger partial charge on any atom is -0.490 e. The average molecular weight is 431 g/mol. The van der Waals surface area contributed by atoms with Gasteiger partial charge in [0.25, 0.3) is 5.56 Å².